The van der Waals surface area contributed by atoms with E-state index in [1.807, 2.05) is 0 Å². The van der Waals surface area contributed by atoms with Gasteiger partial charge in [-0.1, -0.05) is 0 Å². The molecule has 116 valence electrons. The molecule has 21 heavy (non-hydrogen) atoms. The number of carbonyl (C=O) groups is 2. The fourth-order valence-corrected chi connectivity index (χ4v) is 2.09. The number of carbonyl (C=O) groups excluding carboxylic acids is 1. The molecule has 0 unspecified atom stereocenters. The summed E-state index contributed by atoms with van der Waals surface area (Å²) < 4.78 is 1.25. The summed E-state index contributed by atoms with van der Waals surface area (Å²) in [6.45, 7) is 5.09. The first kappa shape index (κ1) is 15.3. The fourth-order valence-electron chi connectivity index (χ4n) is 2.09. The smallest absolute Gasteiger partial charge is 0.325 e. The van der Waals surface area contributed by atoms with Gasteiger partial charge in [-0.3, -0.25) is 14.4 Å². The summed E-state index contributed by atoms with van der Waals surface area (Å²) in [5.41, 5.74) is 0.468. The van der Waals surface area contributed by atoms with Gasteiger partial charge in [0.2, 0.25) is 0 Å². The number of rotatable bonds is 6. The molecule has 4 N–H and O–H groups in total. The van der Waals surface area contributed by atoms with E-state index < -0.39 is 5.97 Å². The van der Waals surface area contributed by atoms with E-state index in [1.165, 1.54) is 17.1 Å². The molecule has 2 rings (SSSR count). The van der Waals surface area contributed by atoms with Crippen molar-refractivity contribution >= 4 is 17.7 Å². The van der Waals surface area contributed by atoms with E-state index in [0.717, 1.165) is 32.7 Å². The zero-order chi connectivity index (χ0) is 15.1. The Morgan fingerprint density at radius 1 is 1.38 bits per heavy atom. The predicted molar refractivity (Wildman–Crippen MR) is 76.2 cm³/mol. The van der Waals surface area contributed by atoms with Gasteiger partial charge in [0, 0.05) is 45.5 Å². The normalized spacial score (nSPS) is 15.6. The summed E-state index contributed by atoms with van der Waals surface area (Å²) in [6.07, 6.45) is 2.89. The van der Waals surface area contributed by atoms with Gasteiger partial charge in [0.05, 0.1) is 11.9 Å². The number of aliphatic carboxylic acids is 1. The Balaban J connectivity index is 1.66. The second kappa shape index (κ2) is 7.60. The van der Waals surface area contributed by atoms with Gasteiger partial charge < -0.3 is 21.1 Å². The van der Waals surface area contributed by atoms with Gasteiger partial charge in [-0.25, -0.2) is 4.79 Å². The van der Waals surface area contributed by atoms with Gasteiger partial charge in [-0.05, 0) is 0 Å². The molecule has 1 aliphatic rings. The van der Waals surface area contributed by atoms with Crippen LogP contribution in [0.15, 0.2) is 12.4 Å². The quantitative estimate of drug-likeness (QED) is 0.535. The molecule has 9 heteroatoms. The Kier molecular flexibility index (Phi) is 5.52. The van der Waals surface area contributed by atoms with Crippen molar-refractivity contribution in [2.24, 2.45) is 0 Å². The lowest BCUT2D eigenvalue weighted by molar-refractivity contribution is -0.137. The molecule has 2 amide bonds. The van der Waals surface area contributed by atoms with Crippen LogP contribution in [0.1, 0.15) is 0 Å². The van der Waals surface area contributed by atoms with Crippen LogP contribution in [0.25, 0.3) is 0 Å². The summed E-state index contributed by atoms with van der Waals surface area (Å²) >= 11 is 0. The van der Waals surface area contributed by atoms with E-state index in [4.69, 9.17) is 5.11 Å². The molecule has 0 radical (unpaired) electrons. The van der Waals surface area contributed by atoms with Gasteiger partial charge in [0.15, 0.2) is 0 Å². The van der Waals surface area contributed by atoms with Crippen molar-refractivity contribution in [2.45, 2.75) is 6.54 Å². The highest BCUT2D eigenvalue weighted by Gasteiger charge is 2.10. The number of nitrogens with one attached hydrogen (secondary N) is 3. The maximum absolute atomic E-state index is 11.7. The van der Waals surface area contributed by atoms with Gasteiger partial charge in [-0.15, -0.1) is 0 Å². The topological polar surface area (TPSA) is 112 Å². The molecule has 1 aromatic rings. The maximum Gasteiger partial charge on any atom is 0.325 e. The Bertz CT molecular complexity index is 483. The molecule has 0 atom stereocenters. The molecule has 0 aliphatic carbocycles. The summed E-state index contributed by atoms with van der Waals surface area (Å²) in [7, 11) is 0. The van der Waals surface area contributed by atoms with Crippen molar-refractivity contribution in [1.82, 2.24) is 25.3 Å². The second-order valence-corrected chi connectivity index (χ2v) is 4.79. The average molecular weight is 296 g/mol. The first-order valence-corrected chi connectivity index (χ1v) is 6.85. The van der Waals surface area contributed by atoms with Crippen LogP contribution < -0.4 is 16.0 Å². The number of carboxylic acids is 1. The molecule has 0 bridgehead atoms. The van der Waals surface area contributed by atoms with Crippen LogP contribution in [0.4, 0.5) is 10.5 Å². The largest absolute Gasteiger partial charge is 0.480 e. The molecule has 0 saturated carbocycles. The highest BCUT2D eigenvalue weighted by Crippen LogP contribution is 2.04. The zero-order valence-electron chi connectivity index (χ0n) is 11.7. The van der Waals surface area contributed by atoms with Gasteiger partial charge >= 0.3 is 12.0 Å². The Labute approximate surface area is 122 Å². The van der Waals surface area contributed by atoms with Crippen LogP contribution in [0.2, 0.25) is 0 Å². The van der Waals surface area contributed by atoms with E-state index in [2.05, 4.69) is 25.9 Å². The number of anilines is 1. The van der Waals surface area contributed by atoms with Crippen molar-refractivity contribution in [3.63, 3.8) is 0 Å². The summed E-state index contributed by atoms with van der Waals surface area (Å²) in [5, 5.41) is 21.1. The van der Waals surface area contributed by atoms with Crippen molar-refractivity contribution in [3.05, 3.63) is 12.4 Å². The van der Waals surface area contributed by atoms with E-state index in [0.29, 0.717) is 12.2 Å². The molecular formula is C12H20N6O3. The summed E-state index contributed by atoms with van der Waals surface area (Å²) in [4.78, 5) is 24.5. The predicted octanol–water partition coefficient (Wildman–Crippen LogP) is -1.01. The van der Waals surface area contributed by atoms with Gasteiger partial charge in [0.1, 0.15) is 6.54 Å². The van der Waals surface area contributed by atoms with Crippen LogP contribution in [0.3, 0.4) is 0 Å². The van der Waals surface area contributed by atoms with Crippen molar-refractivity contribution in [1.29, 1.82) is 0 Å². The third-order valence-corrected chi connectivity index (χ3v) is 3.11. The lowest BCUT2D eigenvalue weighted by Crippen LogP contribution is -2.46. The Morgan fingerprint density at radius 2 is 2.14 bits per heavy atom. The molecule has 0 aromatic carbocycles. The van der Waals surface area contributed by atoms with Crippen molar-refractivity contribution in [3.8, 4) is 0 Å². The lowest BCUT2D eigenvalue weighted by atomic mass is 10.3. The lowest BCUT2D eigenvalue weighted by Gasteiger charge is -2.27. The standard InChI is InChI=1S/C12H20N6O3/c19-11(20)9-18-8-10(7-15-18)16-12(21)14-3-6-17-4-1-13-2-5-17/h7-8,13H,1-6,9H2,(H,19,20)(H2,14,16,21). The van der Waals surface area contributed by atoms with Crippen LogP contribution in [-0.4, -0.2) is 71.1 Å². The van der Waals surface area contributed by atoms with E-state index in [9.17, 15) is 9.59 Å². The van der Waals surface area contributed by atoms with Crippen LogP contribution in [0.5, 0.6) is 0 Å². The average Bonchev–Trinajstić information content (AvgIpc) is 2.86. The summed E-state index contributed by atoms with van der Waals surface area (Å²) in [6, 6.07) is -0.319. The number of amides is 2. The van der Waals surface area contributed by atoms with E-state index in [-0.39, 0.29) is 12.6 Å². The van der Waals surface area contributed by atoms with Crippen LogP contribution >= 0.6 is 0 Å². The second-order valence-electron chi connectivity index (χ2n) is 4.79. The Hall–Kier alpha value is -2.13. The molecule has 1 aliphatic heterocycles. The van der Waals surface area contributed by atoms with Gasteiger partial charge in [-0.2, -0.15) is 5.10 Å². The van der Waals surface area contributed by atoms with Gasteiger partial charge in [0.25, 0.3) is 0 Å². The monoisotopic (exact) mass is 296 g/mol. The highest BCUT2D eigenvalue weighted by molar-refractivity contribution is 5.88. The molecule has 9 nitrogen and oxygen atoms in total. The molecule has 1 fully saturated rings. The SMILES string of the molecule is O=C(O)Cn1cc(NC(=O)NCCN2CCNCC2)cn1. The summed E-state index contributed by atoms with van der Waals surface area (Å²) in [5.74, 6) is -0.981. The molecule has 1 aromatic heterocycles. The van der Waals surface area contributed by atoms with Crippen LogP contribution in [0, 0.1) is 0 Å². The number of urea groups is 1. The first-order chi connectivity index (χ1) is 10.1. The third-order valence-electron chi connectivity index (χ3n) is 3.11. The molecule has 1 saturated heterocycles. The molecular weight excluding hydrogens is 276 g/mol. The third kappa shape index (κ3) is 5.40. The van der Waals surface area contributed by atoms with E-state index >= 15 is 0 Å². The zero-order valence-corrected chi connectivity index (χ0v) is 11.7. The number of aromatic nitrogens is 2. The minimum atomic E-state index is -0.981. The van der Waals surface area contributed by atoms with E-state index in [1.54, 1.807) is 0 Å². The number of hydrogen-bond donors (Lipinski definition) is 4. The maximum atomic E-state index is 11.7. The van der Waals surface area contributed by atoms with Crippen molar-refractivity contribution < 1.29 is 14.7 Å². The number of piperazine rings is 1. The minimum Gasteiger partial charge on any atom is -0.480 e. The molecule has 2 heterocycles. The first-order valence-electron chi connectivity index (χ1n) is 6.85. The van der Waals surface area contributed by atoms with Crippen LogP contribution in [-0.2, 0) is 11.3 Å². The Morgan fingerprint density at radius 3 is 2.86 bits per heavy atom. The minimum absolute atomic E-state index is 0.230. The molecule has 0 spiro atoms. The fraction of sp³-hybridized carbons (Fsp3) is 0.583. The number of nitrogens with zero attached hydrogens (tertiary/aromatic N) is 3. The highest BCUT2D eigenvalue weighted by atomic mass is 16.4. The number of carboxylic acid groups (broad SMARTS) is 1. The number of hydrogen-bond acceptors (Lipinski definition) is 5. The van der Waals surface area contributed by atoms with Crippen molar-refractivity contribution in [2.75, 3.05) is 44.6 Å².